The van der Waals surface area contributed by atoms with Crippen LogP contribution < -0.4 is 0 Å². The number of hydrogen-bond donors (Lipinski definition) is 0. The molecule has 1 unspecified atom stereocenters. The lowest BCUT2D eigenvalue weighted by Crippen LogP contribution is -2.21. The molecule has 2 rings (SSSR count). The van der Waals surface area contributed by atoms with Crippen LogP contribution in [-0.2, 0) is 4.74 Å². The molecule has 0 saturated heterocycles. The summed E-state index contributed by atoms with van der Waals surface area (Å²) >= 11 is 0. The SMILES string of the molecule is CC1C[N+]2=C(CCCC2)O1. The van der Waals surface area contributed by atoms with Crippen molar-refractivity contribution in [1.29, 1.82) is 0 Å². The van der Waals surface area contributed by atoms with Gasteiger partial charge in [0.05, 0.1) is 6.42 Å². The van der Waals surface area contributed by atoms with E-state index >= 15 is 0 Å². The number of rotatable bonds is 0. The fourth-order valence-corrected chi connectivity index (χ4v) is 1.77. The molecule has 2 heterocycles. The molecule has 0 amide bonds. The Morgan fingerprint density at radius 3 is 3.20 bits per heavy atom. The Morgan fingerprint density at radius 2 is 2.40 bits per heavy atom. The van der Waals surface area contributed by atoms with Gasteiger partial charge in [-0.25, -0.2) is 0 Å². The van der Waals surface area contributed by atoms with Crippen LogP contribution in [0.1, 0.15) is 26.2 Å². The van der Waals surface area contributed by atoms with Crippen LogP contribution in [0.4, 0.5) is 0 Å². The maximum absolute atomic E-state index is 5.61. The predicted molar refractivity (Wildman–Crippen MR) is 39.4 cm³/mol. The zero-order valence-electron chi connectivity index (χ0n) is 6.47. The van der Waals surface area contributed by atoms with E-state index in [0.717, 1.165) is 6.54 Å². The van der Waals surface area contributed by atoms with Gasteiger partial charge in [0.25, 0.3) is 0 Å². The molecular weight excluding hydrogens is 126 g/mol. The Kier molecular flexibility index (Phi) is 1.40. The summed E-state index contributed by atoms with van der Waals surface area (Å²) in [6.45, 7) is 4.49. The van der Waals surface area contributed by atoms with Gasteiger partial charge >= 0.3 is 5.90 Å². The van der Waals surface area contributed by atoms with Crippen LogP contribution in [0.5, 0.6) is 0 Å². The van der Waals surface area contributed by atoms with Gasteiger partial charge in [0, 0.05) is 6.42 Å². The van der Waals surface area contributed by atoms with Gasteiger partial charge in [0.15, 0.2) is 12.6 Å². The Morgan fingerprint density at radius 1 is 1.50 bits per heavy atom. The average Bonchev–Trinajstić information content (AvgIpc) is 2.27. The maximum Gasteiger partial charge on any atom is 0.336 e. The van der Waals surface area contributed by atoms with E-state index < -0.39 is 0 Å². The molecule has 0 saturated carbocycles. The van der Waals surface area contributed by atoms with E-state index in [1.165, 1.54) is 31.7 Å². The molecule has 0 radical (unpaired) electrons. The van der Waals surface area contributed by atoms with E-state index in [0.29, 0.717) is 6.10 Å². The Labute approximate surface area is 61.5 Å². The van der Waals surface area contributed by atoms with Crippen molar-refractivity contribution in [2.24, 2.45) is 0 Å². The minimum Gasteiger partial charge on any atom is -0.438 e. The van der Waals surface area contributed by atoms with Gasteiger partial charge in [0.1, 0.15) is 6.54 Å². The van der Waals surface area contributed by atoms with Crippen molar-refractivity contribution in [1.82, 2.24) is 0 Å². The lowest BCUT2D eigenvalue weighted by Gasteiger charge is -2.04. The van der Waals surface area contributed by atoms with E-state index in [-0.39, 0.29) is 0 Å². The van der Waals surface area contributed by atoms with Crippen molar-refractivity contribution in [2.75, 3.05) is 13.1 Å². The first-order valence-corrected chi connectivity index (χ1v) is 4.14. The molecule has 0 bridgehead atoms. The Balaban J connectivity index is 2.13. The van der Waals surface area contributed by atoms with Crippen LogP contribution in [0.3, 0.4) is 0 Å². The van der Waals surface area contributed by atoms with E-state index in [2.05, 4.69) is 11.5 Å². The molecular formula is C8H14NO+. The highest BCUT2D eigenvalue weighted by Gasteiger charge is 2.31. The molecule has 0 aromatic carbocycles. The van der Waals surface area contributed by atoms with Crippen molar-refractivity contribution in [3.63, 3.8) is 0 Å². The second-order valence-electron chi connectivity index (χ2n) is 3.23. The molecule has 0 aromatic rings. The fourth-order valence-electron chi connectivity index (χ4n) is 1.77. The molecule has 10 heavy (non-hydrogen) atoms. The van der Waals surface area contributed by atoms with E-state index in [4.69, 9.17) is 4.74 Å². The van der Waals surface area contributed by atoms with Gasteiger partial charge < -0.3 is 4.74 Å². The third-order valence-corrected chi connectivity index (χ3v) is 2.24. The van der Waals surface area contributed by atoms with Crippen molar-refractivity contribution in [2.45, 2.75) is 32.3 Å². The van der Waals surface area contributed by atoms with Crippen LogP contribution in [0.2, 0.25) is 0 Å². The average molecular weight is 140 g/mol. The number of nitrogens with zero attached hydrogens (tertiary/aromatic N) is 1. The summed E-state index contributed by atoms with van der Waals surface area (Å²) in [5.41, 5.74) is 0. The molecule has 2 aliphatic heterocycles. The van der Waals surface area contributed by atoms with Crippen LogP contribution in [0, 0.1) is 0 Å². The third kappa shape index (κ3) is 0.917. The van der Waals surface area contributed by atoms with Crippen LogP contribution in [0.25, 0.3) is 0 Å². The molecule has 0 aromatic heterocycles. The fraction of sp³-hybridized carbons (Fsp3) is 0.875. The quantitative estimate of drug-likeness (QED) is 0.457. The second-order valence-corrected chi connectivity index (χ2v) is 3.23. The molecule has 2 aliphatic rings. The minimum atomic E-state index is 0.438. The normalized spacial score (nSPS) is 31.9. The van der Waals surface area contributed by atoms with Crippen molar-refractivity contribution in [3.8, 4) is 0 Å². The van der Waals surface area contributed by atoms with E-state index in [9.17, 15) is 0 Å². The molecule has 0 N–H and O–H groups in total. The predicted octanol–water partition coefficient (Wildman–Crippen LogP) is 1.00. The van der Waals surface area contributed by atoms with Gasteiger partial charge in [0.2, 0.25) is 0 Å². The summed E-state index contributed by atoms with van der Waals surface area (Å²) in [5, 5.41) is 0. The largest absolute Gasteiger partial charge is 0.438 e. The highest BCUT2D eigenvalue weighted by Crippen LogP contribution is 2.14. The van der Waals surface area contributed by atoms with Gasteiger partial charge in [-0.3, -0.25) is 0 Å². The first-order valence-electron chi connectivity index (χ1n) is 4.14. The molecule has 2 heteroatoms. The lowest BCUT2D eigenvalue weighted by atomic mass is 10.2. The molecule has 1 atom stereocenters. The smallest absolute Gasteiger partial charge is 0.336 e. The zero-order valence-corrected chi connectivity index (χ0v) is 6.47. The lowest BCUT2D eigenvalue weighted by molar-refractivity contribution is -0.526. The number of ether oxygens (including phenoxy) is 1. The zero-order chi connectivity index (χ0) is 6.97. The Bertz CT molecular complexity index is 156. The second kappa shape index (κ2) is 2.26. The molecule has 0 spiro atoms. The summed E-state index contributed by atoms with van der Waals surface area (Å²) in [6.07, 6.45) is 4.27. The summed E-state index contributed by atoms with van der Waals surface area (Å²) in [7, 11) is 0. The molecule has 56 valence electrons. The van der Waals surface area contributed by atoms with Crippen molar-refractivity contribution >= 4 is 5.90 Å². The van der Waals surface area contributed by atoms with Gasteiger partial charge in [-0.2, -0.15) is 4.58 Å². The first-order chi connectivity index (χ1) is 4.86. The number of hydrogen-bond acceptors (Lipinski definition) is 1. The van der Waals surface area contributed by atoms with Crippen LogP contribution in [0.15, 0.2) is 0 Å². The minimum absolute atomic E-state index is 0.438. The Hall–Kier alpha value is -0.530. The summed E-state index contributed by atoms with van der Waals surface area (Å²) in [5.74, 6) is 1.25. The van der Waals surface area contributed by atoms with Gasteiger partial charge in [-0.15, -0.1) is 0 Å². The topological polar surface area (TPSA) is 12.2 Å². The summed E-state index contributed by atoms with van der Waals surface area (Å²) in [6, 6.07) is 0. The standard InChI is InChI=1S/C8H14NO/c1-7-6-9-5-3-2-4-8(9)10-7/h7H,2-6H2,1H3/q+1. The monoisotopic (exact) mass is 140 g/mol. The van der Waals surface area contributed by atoms with Crippen molar-refractivity contribution < 1.29 is 9.31 Å². The van der Waals surface area contributed by atoms with Gasteiger partial charge in [-0.1, -0.05) is 0 Å². The van der Waals surface area contributed by atoms with Crippen LogP contribution in [-0.4, -0.2) is 29.7 Å². The highest BCUT2D eigenvalue weighted by atomic mass is 16.5. The summed E-state index contributed by atoms with van der Waals surface area (Å²) in [4.78, 5) is 0. The molecule has 0 fully saturated rings. The first kappa shape index (κ1) is 6.20. The van der Waals surface area contributed by atoms with Crippen LogP contribution >= 0.6 is 0 Å². The third-order valence-electron chi connectivity index (χ3n) is 2.24. The highest BCUT2D eigenvalue weighted by molar-refractivity contribution is 5.72. The van der Waals surface area contributed by atoms with Gasteiger partial charge in [-0.05, 0) is 13.3 Å². The van der Waals surface area contributed by atoms with E-state index in [1.807, 2.05) is 0 Å². The molecule has 0 aliphatic carbocycles. The van der Waals surface area contributed by atoms with E-state index in [1.54, 1.807) is 0 Å². The molecule has 2 nitrogen and oxygen atoms in total. The van der Waals surface area contributed by atoms with Crippen molar-refractivity contribution in [3.05, 3.63) is 0 Å². The summed E-state index contributed by atoms with van der Waals surface area (Å²) < 4.78 is 7.99. The maximum atomic E-state index is 5.61.